The molecule has 8 heteroatoms. The van der Waals surface area contributed by atoms with Crippen molar-refractivity contribution in [1.82, 2.24) is 15.0 Å². The van der Waals surface area contributed by atoms with Crippen molar-refractivity contribution in [1.29, 1.82) is 0 Å². The number of thioether (sulfide) groups is 1. The summed E-state index contributed by atoms with van der Waals surface area (Å²) in [5.41, 5.74) is 5.93. The van der Waals surface area contributed by atoms with Gasteiger partial charge in [0.25, 0.3) is 0 Å². The van der Waals surface area contributed by atoms with Crippen molar-refractivity contribution in [3.63, 3.8) is 0 Å². The van der Waals surface area contributed by atoms with Crippen molar-refractivity contribution in [2.24, 2.45) is 5.73 Å². The second kappa shape index (κ2) is 9.24. The van der Waals surface area contributed by atoms with Gasteiger partial charge in [-0.25, -0.2) is 0 Å². The number of carbonyl (C=O) groups is 1. The lowest BCUT2D eigenvalue weighted by atomic mass is 9.94. The van der Waals surface area contributed by atoms with Gasteiger partial charge in [-0.1, -0.05) is 37.3 Å². The largest absolute Gasteiger partial charge is 0.342 e. The third-order valence-corrected chi connectivity index (χ3v) is 6.28. The summed E-state index contributed by atoms with van der Waals surface area (Å²) in [6.07, 6.45) is 10.1. The number of amides is 1. The summed E-state index contributed by atoms with van der Waals surface area (Å²) in [7, 11) is 1.93. The summed E-state index contributed by atoms with van der Waals surface area (Å²) in [6.45, 7) is 0. The van der Waals surface area contributed by atoms with Crippen LogP contribution in [-0.4, -0.2) is 39.8 Å². The molecule has 6 nitrogen and oxygen atoms in total. The first kappa shape index (κ1) is 20.5. The van der Waals surface area contributed by atoms with Crippen LogP contribution in [0.1, 0.15) is 69.5 Å². The molecule has 1 aromatic heterocycles. The highest BCUT2D eigenvalue weighted by molar-refractivity contribution is 7.99. The molecule has 0 unspecified atom stereocenters. The number of halogens is 1. The molecule has 0 radical (unpaired) electrons. The Morgan fingerprint density at radius 2 is 1.96 bits per heavy atom. The Hall–Kier alpha value is -0.790. The number of hydrogen-bond acceptors (Lipinski definition) is 6. The van der Waals surface area contributed by atoms with Gasteiger partial charge >= 0.3 is 0 Å². The van der Waals surface area contributed by atoms with Crippen LogP contribution in [-0.2, 0) is 16.1 Å². The molecule has 0 spiro atoms. The number of hydrogen-bond donors (Lipinski definition) is 1. The highest BCUT2D eigenvalue weighted by atomic mass is 35.5. The van der Waals surface area contributed by atoms with Crippen LogP contribution >= 0.6 is 24.2 Å². The van der Waals surface area contributed by atoms with Gasteiger partial charge in [-0.15, -0.1) is 24.2 Å². The number of nitrogens with zero attached hydrogens (tertiary/aromatic N) is 3. The van der Waals surface area contributed by atoms with E-state index in [1.54, 1.807) is 0 Å². The van der Waals surface area contributed by atoms with Crippen molar-refractivity contribution in [2.75, 3.05) is 12.8 Å². The molecule has 2 aliphatic rings. The molecular weight excluding hydrogens is 360 g/mol. The van der Waals surface area contributed by atoms with Crippen molar-refractivity contribution in [3.8, 4) is 0 Å². The molecule has 25 heavy (non-hydrogen) atoms. The van der Waals surface area contributed by atoms with E-state index in [2.05, 4.69) is 10.1 Å². The van der Waals surface area contributed by atoms with Crippen LogP contribution in [0.15, 0.2) is 4.52 Å². The molecule has 3 rings (SSSR count). The number of rotatable bonds is 6. The first-order valence-electron chi connectivity index (χ1n) is 9.04. The minimum absolute atomic E-state index is 0. The Kier molecular flexibility index (Phi) is 7.58. The number of aromatic nitrogens is 2. The molecule has 0 saturated heterocycles. The van der Waals surface area contributed by atoms with E-state index in [0.29, 0.717) is 29.3 Å². The van der Waals surface area contributed by atoms with Gasteiger partial charge in [0.1, 0.15) is 0 Å². The molecule has 2 fully saturated rings. The Morgan fingerprint density at radius 1 is 1.28 bits per heavy atom. The minimum atomic E-state index is -0.413. The molecule has 1 aromatic rings. The third-order valence-electron chi connectivity index (χ3n) is 5.38. The highest BCUT2D eigenvalue weighted by Gasteiger charge is 2.35. The first-order valence-corrected chi connectivity index (χ1v) is 10.2. The van der Waals surface area contributed by atoms with E-state index >= 15 is 0 Å². The highest BCUT2D eigenvalue weighted by Crippen LogP contribution is 2.34. The summed E-state index contributed by atoms with van der Waals surface area (Å²) in [5.74, 6) is 2.41. The molecular formula is C17H29ClN4O2S. The lowest BCUT2D eigenvalue weighted by molar-refractivity contribution is -0.129. The fourth-order valence-electron chi connectivity index (χ4n) is 3.74. The predicted octanol–water partition coefficient (Wildman–Crippen LogP) is 3.24. The van der Waals surface area contributed by atoms with Gasteiger partial charge in [0, 0.05) is 13.1 Å². The molecule has 0 aromatic carbocycles. The van der Waals surface area contributed by atoms with Gasteiger partial charge in [0.2, 0.25) is 11.8 Å². The van der Waals surface area contributed by atoms with E-state index in [4.69, 9.17) is 10.3 Å². The van der Waals surface area contributed by atoms with Crippen LogP contribution < -0.4 is 5.73 Å². The fourth-order valence-corrected chi connectivity index (χ4v) is 4.52. The van der Waals surface area contributed by atoms with Gasteiger partial charge in [0.05, 0.1) is 17.0 Å². The summed E-state index contributed by atoms with van der Waals surface area (Å²) in [4.78, 5) is 18.7. The fraction of sp³-hybridized carbons (Fsp3) is 0.824. The zero-order chi connectivity index (χ0) is 17.0. The van der Waals surface area contributed by atoms with Crippen molar-refractivity contribution >= 4 is 30.1 Å². The Morgan fingerprint density at radius 3 is 2.64 bits per heavy atom. The van der Waals surface area contributed by atoms with Crippen LogP contribution in [0.5, 0.6) is 0 Å². The van der Waals surface area contributed by atoms with E-state index in [9.17, 15) is 4.79 Å². The molecule has 0 bridgehead atoms. The van der Waals surface area contributed by atoms with Crippen LogP contribution in [0.25, 0.3) is 0 Å². The van der Waals surface area contributed by atoms with Crippen molar-refractivity contribution in [2.45, 2.75) is 75.1 Å². The first-order chi connectivity index (χ1) is 11.6. The minimum Gasteiger partial charge on any atom is -0.342 e. The molecule has 1 heterocycles. The lowest BCUT2D eigenvalue weighted by Crippen LogP contribution is -2.39. The molecule has 2 N–H and O–H groups in total. The predicted molar refractivity (Wildman–Crippen MR) is 102 cm³/mol. The molecule has 142 valence electrons. The average Bonchev–Trinajstić information content (AvgIpc) is 3.25. The SMILES string of the molecule is CN(C(=O)CSCc1nc(C2(N)CCCC2)no1)C1CCCCC1.Cl. The van der Waals surface area contributed by atoms with E-state index in [1.807, 2.05) is 11.9 Å². The van der Waals surface area contributed by atoms with Crippen LogP contribution in [0.3, 0.4) is 0 Å². The summed E-state index contributed by atoms with van der Waals surface area (Å²) in [5, 5.41) is 4.06. The van der Waals surface area contributed by atoms with Gasteiger partial charge < -0.3 is 15.2 Å². The van der Waals surface area contributed by atoms with Gasteiger partial charge in [0.15, 0.2) is 5.82 Å². The molecule has 2 saturated carbocycles. The summed E-state index contributed by atoms with van der Waals surface area (Å²) in [6, 6.07) is 0.418. The van der Waals surface area contributed by atoms with Crippen LogP contribution in [0, 0.1) is 0 Å². The van der Waals surface area contributed by atoms with Crippen LogP contribution in [0.2, 0.25) is 0 Å². The van der Waals surface area contributed by atoms with E-state index in [0.717, 1.165) is 38.5 Å². The monoisotopic (exact) mass is 388 g/mol. The van der Waals surface area contributed by atoms with Crippen molar-refractivity contribution < 1.29 is 9.32 Å². The Bertz CT molecular complexity index is 557. The van der Waals surface area contributed by atoms with E-state index < -0.39 is 5.54 Å². The smallest absolute Gasteiger partial charge is 0.236 e. The average molecular weight is 389 g/mol. The topological polar surface area (TPSA) is 85.2 Å². The molecule has 2 aliphatic carbocycles. The second-order valence-corrected chi connectivity index (χ2v) is 8.15. The Labute approximate surface area is 160 Å². The maximum Gasteiger partial charge on any atom is 0.236 e. The van der Waals surface area contributed by atoms with E-state index in [-0.39, 0.29) is 18.3 Å². The lowest BCUT2D eigenvalue weighted by Gasteiger charge is -2.31. The maximum absolute atomic E-state index is 12.3. The van der Waals surface area contributed by atoms with Gasteiger partial charge in [-0.2, -0.15) is 4.98 Å². The number of carbonyl (C=O) groups excluding carboxylic acids is 1. The quantitative estimate of drug-likeness (QED) is 0.805. The Balaban J connectivity index is 0.00000225. The summed E-state index contributed by atoms with van der Waals surface area (Å²) >= 11 is 1.53. The zero-order valence-electron chi connectivity index (χ0n) is 14.9. The number of nitrogens with two attached hydrogens (primary N) is 1. The third kappa shape index (κ3) is 5.11. The standard InChI is InChI=1S/C17H28N4O2S.ClH/c1-21(13-7-3-2-4-8-13)15(22)12-24-11-14-19-16(20-23-14)17(18)9-5-6-10-17;/h13H,2-12,18H2,1H3;1H. The second-order valence-electron chi connectivity index (χ2n) is 7.16. The zero-order valence-corrected chi connectivity index (χ0v) is 16.5. The van der Waals surface area contributed by atoms with Crippen molar-refractivity contribution in [3.05, 3.63) is 11.7 Å². The maximum atomic E-state index is 12.3. The van der Waals surface area contributed by atoms with E-state index in [1.165, 1.54) is 31.0 Å². The summed E-state index contributed by atoms with van der Waals surface area (Å²) < 4.78 is 5.31. The molecule has 0 atom stereocenters. The van der Waals surface area contributed by atoms with Gasteiger partial charge in [-0.3, -0.25) is 4.79 Å². The van der Waals surface area contributed by atoms with Gasteiger partial charge in [-0.05, 0) is 25.7 Å². The molecule has 0 aliphatic heterocycles. The van der Waals surface area contributed by atoms with Crippen LogP contribution in [0.4, 0.5) is 0 Å². The normalized spacial score (nSPS) is 20.2. The molecule has 1 amide bonds.